The maximum Gasteiger partial charge on any atom is 0.256 e. The van der Waals surface area contributed by atoms with Crippen LogP contribution in [-0.2, 0) is 0 Å². The minimum atomic E-state index is -0.0160. The van der Waals surface area contributed by atoms with E-state index in [4.69, 9.17) is 34.7 Å². The molecule has 11 rings (SSSR count). The van der Waals surface area contributed by atoms with Gasteiger partial charge in [0.1, 0.15) is 11.5 Å². The predicted octanol–water partition coefficient (Wildman–Crippen LogP) is 6.14. The Bertz CT molecular complexity index is 2630. The molecule has 0 aliphatic carbocycles. The van der Waals surface area contributed by atoms with Gasteiger partial charge in [-0.15, -0.1) is 0 Å². The molecule has 0 saturated heterocycles. The van der Waals surface area contributed by atoms with Gasteiger partial charge in [0.25, 0.3) is 6.71 Å². The molecule has 0 saturated carbocycles. The Labute approximate surface area is 299 Å². The van der Waals surface area contributed by atoms with Crippen LogP contribution in [0.4, 0.5) is 17.1 Å². The number of rotatable bonds is 4. The van der Waals surface area contributed by atoms with Crippen LogP contribution in [0.15, 0.2) is 182 Å². The average Bonchev–Trinajstić information content (AvgIpc) is 3.21. The van der Waals surface area contributed by atoms with Crippen molar-refractivity contribution in [2.75, 3.05) is 4.90 Å². The van der Waals surface area contributed by atoms with Gasteiger partial charge in [0, 0.05) is 33.8 Å². The number of hydrogen-bond donors (Lipinski definition) is 0. The molecule has 9 nitrogen and oxygen atoms in total. The van der Waals surface area contributed by atoms with Crippen molar-refractivity contribution in [3.63, 3.8) is 0 Å². The van der Waals surface area contributed by atoms with E-state index in [0.29, 0.717) is 35.4 Å². The smallest absolute Gasteiger partial charge is 0.256 e. The highest BCUT2D eigenvalue weighted by Gasteiger charge is 2.43. The van der Waals surface area contributed by atoms with E-state index in [1.165, 1.54) is 5.46 Å². The topological polar surface area (TPSA) is 89.9 Å². The molecule has 242 valence electrons. The van der Waals surface area contributed by atoms with Crippen LogP contribution in [0.25, 0.3) is 0 Å². The van der Waals surface area contributed by atoms with Crippen molar-refractivity contribution in [3.05, 3.63) is 168 Å². The largest absolute Gasteiger partial charge is 0.458 e. The molecular formula is C42H25BN8O. The van der Waals surface area contributed by atoms with Crippen LogP contribution in [0.3, 0.4) is 0 Å². The van der Waals surface area contributed by atoms with Crippen molar-refractivity contribution in [1.82, 2.24) is 4.90 Å². The summed E-state index contributed by atoms with van der Waals surface area (Å²) < 4.78 is 6.76. The Morgan fingerprint density at radius 1 is 0.404 bits per heavy atom. The van der Waals surface area contributed by atoms with Crippen molar-refractivity contribution in [3.8, 4) is 11.5 Å². The number of nitrogens with zero attached hydrogens (tertiary/aromatic N) is 8. The highest BCUT2D eigenvalue weighted by Crippen LogP contribution is 2.41. The zero-order valence-electron chi connectivity index (χ0n) is 27.5. The van der Waals surface area contributed by atoms with Gasteiger partial charge in [0.2, 0.25) is 17.9 Å². The standard InChI is InChI=1S/C42H25BN8O/c1-4-14-26(15-5-1)37-44-40-45-38(27-16-6-2-7-17-27)47-42-49-39(48-41(46-37)51(40)42)28-24-33-36-35(25-28)52-34-23-13-11-21-31(34)43(36)30-20-10-12-22-32(30)50(33)29-18-8-3-9-19-29/h1-25H. The van der Waals surface area contributed by atoms with Crippen LogP contribution >= 0.6 is 0 Å². The molecule has 0 unspecified atom stereocenters. The number of guanidine groups is 3. The minimum absolute atomic E-state index is 0.0160. The van der Waals surface area contributed by atoms with Crippen molar-refractivity contribution in [2.45, 2.75) is 0 Å². The summed E-state index contributed by atoms with van der Waals surface area (Å²) in [5.74, 6) is 4.27. The van der Waals surface area contributed by atoms with Gasteiger partial charge >= 0.3 is 0 Å². The fraction of sp³-hybridized carbons (Fsp3) is 0. The number of amidine groups is 3. The van der Waals surface area contributed by atoms with Crippen LogP contribution in [0.5, 0.6) is 11.5 Å². The molecular weight excluding hydrogens is 643 g/mol. The second-order valence-electron chi connectivity index (χ2n) is 12.8. The van der Waals surface area contributed by atoms with Gasteiger partial charge in [0.15, 0.2) is 17.5 Å². The molecule has 0 spiro atoms. The first kappa shape index (κ1) is 28.6. The van der Waals surface area contributed by atoms with Crippen molar-refractivity contribution < 1.29 is 4.74 Å². The van der Waals surface area contributed by atoms with Crippen molar-refractivity contribution in [2.24, 2.45) is 30.0 Å². The molecule has 5 aliphatic heterocycles. The predicted molar refractivity (Wildman–Crippen MR) is 209 cm³/mol. The van der Waals surface area contributed by atoms with Crippen molar-refractivity contribution >= 4 is 75.5 Å². The van der Waals surface area contributed by atoms with Crippen LogP contribution < -0.4 is 26.0 Å². The first-order valence-electron chi connectivity index (χ1n) is 17.1. The van der Waals surface area contributed by atoms with Gasteiger partial charge in [-0.3, -0.25) is 0 Å². The Kier molecular flexibility index (Phi) is 6.14. The van der Waals surface area contributed by atoms with E-state index in [0.717, 1.165) is 56.2 Å². The molecule has 5 heterocycles. The molecule has 0 amide bonds. The average molecular weight is 669 g/mol. The molecule has 0 N–H and O–H groups in total. The third kappa shape index (κ3) is 4.37. The van der Waals surface area contributed by atoms with Crippen LogP contribution in [0, 0.1) is 0 Å². The lowest BCUT2D eigenvalue weighted by atomic mass is 9.34. The number of aliphatic imine (C=N–C) groups is 6. The molecule has 0 atom stereocenters. The van der Waals surface area contributed by atoms with Crippen molar-refractivity contribution in [1.29, 1.82) is 0 Å². The Morgan fingerprint density at radius 3 is 1.56 bits per heavy atom. The molecule has 10 heteroatoms. The van der Waals surface area contributed by atoms with Gasteiger partial charge in [-0.1, -0.05) is 115 Å². The molecule has 0 bridgehead atoms. The number of ether oxygens (including phenoxy) is 1. The van der Waals surface area contributed by atoms with E-state index in [-0.39, 0.29) is 6.71 Å². The second-order valence-corrected chi connectivity index (χ2v) is 12.8. The third-order valence-electron chi connectivity index (χ3n) is 9.76. The summed E-state index contributed by atoms with van der Waals surface area (Å²) in [7, 11) is 0. The second kappa shape index (κ2) is 11.2. The number of hydrogen-bond acceptors (Lipinski definition) is 9. The molecule has 6 aromatic rings. The normalized spacial score (nSPS) is 16.0. The molecule has 52 heavy (non-hydrogen) atoms. The monoisotopic (exact) mass is 668 g/mol. The summed E-state index contributed by atoms with van der Waals surface area (Å²) in [6, 6.07) is 51.3. The Balaban J connectivity index is 1.14. The fourth-order valence-corrected chi connectivity index (χ4v) is 7.48. The molecule has 0 radical (unpaired) electrons. The molecule has 5 aliphatic rings. The highest BCUT2D eigenvalue weighted by molar-refractivity contribution is 6.99. The van der Waals surface area contributed by atoms with E-state index in [1.807, 2.05) is 84.9 Å². The van der Waals surface area contributed by atoms with Gasteiger partial charge in [-0.05, 0) is 52.8 Å². The molecule has 6 aromatic carbocycles. The molecule has 0 fully saturated rings. The van der Waals surface area contributed by atoms with Gasteiger partial charge in [0.05, 0.1) is 0 Å². The van der Waals surface area contributed by atoms with E-state index in [1.54, 1.807) is 4.90 Å². The number of para-hydroxylation sites is 3. The summed E-state index contributed by atoms with van der Waals surface area (Å²) in [6.45, 7) is -0.0160. The number of fused-ring (bicyclic) bond motifs is 4. The fourth-order valence-electron chi connectivity index (χ4n) is 7.48. The van der Waals surface area contributed by atoms with Gasteiger partial charge < -0.3 is 9.64 Å². The van der Waals surface area contributed by atoms with Crippen LogP contribution in [0.1, 0.15) is 16.7 Å². The first-order valence-corrected chi connectivity index (χ1v) is 17.1. The number of anilines is 3. The van der Waals surface area contributed by atoms with E-state index < -0.39 is 0 Å². The minimum Gasteiger partial charge on any atom is -0.458 e. The van der Waals surface area contributed by atoms with Gasteiger partial charge in [-0.2, -0.15) is 30.0 Å². The SMILES string of the molecule is c1ccc(C2=NC3=NC(c4ccccc4)=NC4=NC(c5cc6c7c(c5)N(c5ccccc5)c5ccccc5B7c5ccccc5O6)=NC(=N2)N34)cc1. The highest BCUT2D eigenvalue weighted by atomic mass is 16.5. The van der Waals surface area contributed by atoms with E-state index in [2.05, 4.69) is 71.6 Å². The van der Waals surface area contributed by atoms with E-state index in [9.17, 15) is 0 Å². The Hall–Kier alpha value is -7.20. The lowest BCUT2D eigenvalue weighted by Crippen LogP contribution is -2.59. The van der Waals surface area contributed by atoms with E-state index >= 15 is 0 Å². The summed E-state index contributed by atoms with van der Waals surface area (Å²) in [5, 5.41) is 0. The summed E-state index contributed by atoms with van der Waals surface area (Å²) >= 11 is 0. The lowest BCUT2D eigenvalue weighted by Gasteiger charge is -2.40. The third-order valence-corrected chi connectivity index (χ3v) is 9.76. The quantitative estimate of drug-likeness (QED) is 0.211. The maximum absolute atomic E-state index is 6.76. The summed E-state index contributed by atoms with van der Waals surface area (Å²) in [5.41, 5.74) is 9.09. The molecule has 0 aromatic heterocycles. The Morgan fingerprint density at radius 2 is 0.923 bits per heavy atom. The maximum atomic E-state index is 6.76. The van der Waals surface area contributed by atoms with Gasteiger partial charge in [-0.25, -0.2) is 4.90 Å². The van der Waals surface area contributed by atoms with Crippen LogP contribution in [-0.4, -0.2) is 47.0 Å². The van der Waals surface area contributed by atoms with Crippen LogP contribution in [0.2, 0.25) is 0 Å². The zero-order chi connectivity index (χ0) is 34.2. The summed E-state index contributed by atoms with van der Waals surface area (Å²) in [6.07, 6.45) is 0. The number of benzene rings is 6. The first-order chi connectivity index (χ1) is 25.8. The lowest BCUT2D eigenvalue weighted by molar-refractivity contribution is 0.487. The zero-order valence-corrected chi connectivity index (χ0v) is 27.5. The summed E-state index contributed by atoms with van der Waals surface area (Å²) in [4.78, 5) is 33.8.